The van der Waals surface area contributed by atoms with Gasteiger partial charge in [-0.05, 0) is 33.1 Å². The van der Waals surface area contributed by atoms with Crippen molar-refractivity contribution in [2.24, 2.45) is 0 Å². The second-order valence-electron chi connectivity index (χ2n) is 4.24. The van der Waals surface area contributed by atoms with E-state index in [0.29, 0.717) is 0 Å². The maximum Gasteiger partial charge on any atom is 0.246 e. The highest BCUT2D eigenvalue weighted by molar-refractivity contribution is 5.77. The average Bonchev–Trinajstić information content (AvgIpc) is 2.62. The molecular weight excluding hydrogens is 194 g/mol. The van der Waals surface area contributed by atoms with Crippen LogP contribution in [0.4, 0.5) is 0 Å². The first kappa shape index (κ1) is 12.5. The molecule has 0 radical (unpaired) electrons. The lowest BCUT2D eigenvalue weighted by Crippen LogP contribution is -2.42. The molecular formula is C11H21NO3. The quantitative estimate of drug-likeness (QED) is 0.747. The zero-order valence-corrected chi connectivity index (χ0v) is 9.79. The van der Waals surface area contributed by atoms with Gasteiger partial charge in [0, 0.05) is 7.11 Å². The molecule has 0 aromatic heterocycles. The Morgan fingerprint density at radius 1 is 1.47 bits per heavy atom. The van der Waals surface area contributed by atoms with E-state index in [1.165, 1.54) is 0 Å². The van der Waals surface area contributed by atoms with Crippen molar-refractivity contribution in [3.8, 4) is 0 Å². The second kappa shape index (κ2) is 6.08. The Kier molecular flexibility index (Phi) is 5.05. The van der Waals surface area contributed by atoms with Gasteiger partial charge in [0.15, 0.2) is 0 Å². The molecule has 4 heteroatoms. The Morgan fingerprint density at radius 3 is 2.80 bits per heavy atom. The number of amides is 1. The summed E-state index contributed by atoms with van der Waals surface area (Å²) in [6.45, 7) is 3.98. The Hall–Kier alpha value is -0.610. The van der Waals surface area contributed by atoms with Gasteiger partial charge < -0.3 is 14.8 Å². The smallest absolute Gasteiger partial charge is 0.246 e. The topological polar surface area (TPSA) is 47.6 Å². The van der Waals surface area contributed by atoms with Crippen molar-refractivity contribution in [1.29, 1.82) is 0 Å². The molecule has 1 saturated carbocycles. The van der Waals surface area contributed by atoms with Crippen LogP contribution >= 0.6 is 0 Å². The van der Waals surface area contributed by atoms with Gasteiger partial charge in [-0.15, -0.1) is 0 Å². The van der Waals surface area contributed by atoms with Gasteiger partial charge >= 0.3 is 0 Å². The summed E-state index contributed by atoms with van der Waals surface area (Å²) in [4.78, 5) is 11.5. The molecule has 1 aliphatic rings. The molecule has 1 N–H and O–H groups in total. The van der Waals surface area contributed by atoms with E-state index in [9.17, 15) is 4.79 Å². The van der Waals surface area contributed by atoms with Gasteiger partial charge in [-0.3, -0.25) is 4.79 Å². The zero-order chi connectivity index (χ0) is 11.3. The van der Waals surface area contributed by atoms with Crippen LogP contribution in [0.25, 0.3) is 0 Å². The predicted molar refractivity (Wildman–Crippen MR) is 57.7 cm³/mol. The van der Waals surface area contributed by atoms with Crippen molar-refractivity contribution < 1.29 is 14.3 Å². The number of methoxy groups -OCH3 is 1. The Labute approximate surface area is 91.3 Å². The van der Waals surface area contributed by atoms with Crippen molar-refractivity contribution in [1.82, 2.24) is 5.32 Å². The van der Waals surface area contributed by atoms with Crippen molar-refractivity contribution >= 4 is 5.91 Å². The number of ether oxygens (including phenoxy) is 2. The zero-order valence-electron chi connectivity index (χ0n) is 9.79. The molecule has 1 amide bonds. The van der Waals surface area contributed by atoms with Gasteiger partial charge in [-0.1, -0.05) is 0 Å². The molecule has 2 atom stereocenters. The van der Waals surface area contributed by atoms with E-state index >= 15 is 0 Å². The minimum Gasteiger partial charge on any atom is -0.379 e. The van der Waals surface area contributed by atoms with E-state index < -0.39 is 0 Å². The van der Waals surface area contributed by atoms with Crippen LogP contribution in [0.2, 0.25) is 0 Å². The standard InChI is InChI=1S/C11H21NO3/c1-8(2)15-7-11(13)12-9-5-4-6-10(9)14-3/h8-10H,4-7H2,1-3H3,(H,12,13). The molecule has 4 nitrogen and oxygen atoms in total. The summed E-state index contributed by atoms with van der Waals surface area (Å²) in [6, 6.07) is 0.165. The van der Waals surface area contributed by atoms with E-state index in [-0.39, 0.29) is 30.8 Å². The van der Waals surface area contributed by atoms with E-state index in [1.807, 2.05) is 13.8 Å². The SMILES string of the molecule is COC1CCCC1NC(=O)COC(C)C. The Balaban J connectivity index is 2.24. The van der Waals surface area contributed by atoms with Crippen molar-refractivity contribution in [2.75, 3.05) is 13.7 Å². The highest BCUT2D eigenvalue weighted by Gasteiger charge is 2.28. The number of carbonyl (C=O) groups excluding carboxylic acids is 1. The van der Waals surface area contributed by atoms with E-state index in [0.717, 1.165) is 19.3 Å². The summed E-state index contributed by atoms with van der Waals surface area (Å²) in [5.41, 5.74) is 0. The van der Waals surface area contributed by atoms with E-state index in [1.54, 1.807) is 7.11 Å². The van der Waals surface area contributed by atoms with Gasteiger partial charge in [-0.25, -0.2) is 0 Å². The molecule has 1 rings (SSSR count). The molecule has 0 spiro atoms. The lowest BCUT2D eigenvalue weighted by Gasteiger charge is -2.19. The predicted octanol–water partition coefficient (Wildman–Crippen LogP) is 1.10. The van der Waals surface area contributed by atoms with Crippen molar-refractivity contribution in [3.63, 3.8) is 0 Å². The van der Waals surface area contributed by atoms with Crippen molar-refractivity contribution in [2.45, 2.75) is 51.4 Å². The molecule has 0 aromatic rings. The summed E-state index contributed by atoms with van der Waals surface area (Å²) in [5.74, 6) is -0.0438. The lowest BCUT2D eigenvalue weighted by molar-refractivity contribution is -0.128. The largest absolute Gasteiger partial charge is 0.379 e. The minimum absolute atomic E-state index is 0.0438. The third kappa shape index (κ3) is 4.18. The van der Waals surface area contributed by atoms with E-state index in [4.69, 9.17) is 9.47 Å². The summed E-state index contributed by atoms with van der Waals surface area (Å²) < 4.78 is 10.5. The summed E-state index contributed by atoms with van der Waals surface area (Å²) in [6.07, 6.45) is 3.43. The third-order valence-electron chi connectivity index (χ3n) is 2.65. The number of hydrogen-bond donors (Lipinski definition) is 1. The molecule has 88 valence electrons. The van der Waals surface area contributed by atoms with Crippen LogP contribution in [0.1, 0.15) is 33.1 Å². The average molecular weight is 215 g/mol. The fourth-order valence-electron chi connectivity index (χ4n) is 1.86. The van der Waals surface area contributed by atoms with Gasteiger partial charge in [0.05, 0.1) is 18.2 Å². The van der Waals surface area contributed by atoms with Gasteiger partial charge in [0.1, 0.15) is 6.61 Å². The molecule has 1 aliphatic carbocycles. The summed E-state index contributed by atoms with van der Waals surface area (Å²) >= 11 is 0. The van der Waals surface area contributed by atoms with Gasteiger partial charge in [0.2, 0.25) is 5.91 Å². The third-order valence-corrected chi connectivity index (χ3v) is 2.65. The monoisotopic (exact) mass is 215 g/mol. The molecule has 1 fully saturated rings. The van der Waals surface area contributed by atoms with Gasteiger partial charge in [-0.2, -0.15) is 0 Å². The normalized spacial score (nSPS) is 25.9. The molecule has 15 heavy (non-hydrogen) atoms. The van der Waals surface area contributed by atoms with Crippen LogP contribution in [0.3, 0.4) is 0 Å². The number of carbonyl (C=O) groups is 1. The minimum atomic E-state index is -0.0438. The molecule has 0 heterocycles. The van der Waals surface area contributed by atoms with Crippen molar-refractivity contribution in [3.05, 3.63) is 0 Å². The highest BCUT2D eigenvalue weighted by atomic mass is 16.5. The van der Waals surface area contributed by atoms with E-state index in [2.05, 4.69) is 5.32 Å². The van der Waals surface area contributed by atoms with Crippen LogP contribution in [0.5, 0.6) is 0 Å². The molecule has 0 bridgehead atoms. The maximum absolute atomic E-state index is 11.5. The first-order valence-electron chi connectivity index (χ1n) is 5.57. The Morgan fingerprint density at radius 2 is 2.20 bits per heavy atom. The molecule has 0 saturated heterocycles. The van der Waals surface area contributed by atoms with Crippen LogP contribution < -0.4 is 5.32 Å². The lowest BCUT2D eigenvalue weighted by atomic mass is 10.2. The second-order valence-corrected chi connectivity index (χ2v) is 4.24. The summed E-state index contributed by atoms with van der Waals surface area (Å²) in [5, 5.41) is 2.95. The van der Waals surface area contributed by atoms with Gasteiger partial charge in [0.25, 0.3) is 0 Å². The molecule has 2 unspecified atom stereocenters. The maximum atomic E-state index is 11.5. The highest BCUT2D eigenvalue weighted by Crippen LogP contribution is 2.21. The number of nitrogens with one attached hydrogen (secondary N) is 1. The fraction of sp³-hybridized carbons (Fsp3) is 0.909. The van der Waals surface area contributed by atoms with Crippen LogP contribution in [0, 0.1) is 0 Å². The molecule has 0 aliphatic heterocycles. The first-order chi connectivity index (χ1) is 7.13. The Bertz CT molecular complexity index is 206. The van der Waals surface area contributed by atoms with Crippen LogP contribution in [0.15, 0.2) is 0 Å². The summed E-state index contributed by atoms with van der Waals surface area (Å²) in [7, 11) is 1.69. The number of rotatable bonds is 5. The molecule has 0 aromatic carbocycles. The first-order valence-corrected chi connectivity index (χ1v) is 5.57. The fourth-order valence-corrected chi connectivity index (χ4v) is 1.86. The van der Waals surface area contributed by atoms with Crippen LogP contribution in [-0.2, 0) is 14.3 Å². The number of hydrogen-bond acceptors (Lipinski definition) is 3. The van der Waals surface area contributed by atoms with Crippen LogP contribution in [-0.4, -0.2) is 37.9 Å².